The molecule has 0 unspecified atom stereocenters. The van der Waals surface area contributed by atoms with E-state index < -0.39 is 0 Å². The number of hydrogen-bond donors (Lipinski definition) is 2. The predicted octanol–water partition coefficient (Wildman–Crippen LogP) is 3.13. The van der Waals surface area contributed by atoms with Crippen LogP contribution in [0.15, 0.2) is 77.4 Å². The first-order valence-corrected chi connectivity index (χ1v) is 8.51. The van der Waals surface area contributed by atoms with Crippen LogP contribution in [0.1, 0.15) is 29.9 Å². The van der Waals surface area contributed by atoms with Crippen LogP contribution in [0.2, 0.25) is 0 Å². The van der Waals surface area contributed by atoms with E-state index >= 15 is 0 Å². The molecule has 3 aromatic rings. The smallest absolute Gasteiger partial charge is 0.279 e. The lowest BCUT2D eigenvalue weighted by Gasteiger charge is -2.12. The number of carbonyl (C=O) groups is 1. The van der Waals surface area contributed by atoms with Gasteiger partial charge in [-0.05, 0) is 42.7 Å². The van der Waals surface area contributed by atoms with Crippen LogP contribution < -0.4 is 10.6 Å². The van der Waals surface area contributed by atoms with Crippen molar-refractivity contribution in [3.05, 3.63) is 89.9 Å². The van der Waals surface area contributed by atoms with E-state index in [4.69, 9.17) is 4.42 Å². The second-order valence-corrected chi connectivity index (χ2v) is 6.11. The number of carbonyl (C=O) groups excluding carboxylic acids is 1. The van der Waals surface area contributed by atoms with Crippen LogP contribution in [0.25, 0.3) is 0 Å². The Morgan fingerprint density at radius 3 is 2.56 bits per heavy atom. The van der Waals surface area contributed by atoms with Crippen molar-refractivity contribution in [2.45, 2.75) is 19.4 Å². The summed E-state index contributed by atoms with van der Waals surface area (Å²) in [6.07, 6.45) is 2.45. The van der Waals surface area contributed by atoms with E-state index in [1.165, 1.54) is 5.56 Å². The number of anilines is 1. The summed E-state index contributed by atoms with van der Waals surface area (Å²) in [5.41, 5.74) is 3.21. The second kappa shape index (κ2) is 8.31. The number of quaternary nitrogens is 1. The van der Waals surface area contributed by atoms with Crippen LogP contribution >= 0.6 is 0 Å². The molecule has 0 saturated carbocycles. The van der Waals surface area contributed by atoms with E-state index in [2.05, 4.69) is 23.5 Å². The maximum atomic E-state index is 12.3. The molecule has 4 nitrogen and oxygen atoms in total. The summed E-state index contributed by atoms with van der Waals surface area (Å²) in [5, 5.41) is 5.00. The minimum absolute atomic E-state index is 0.0149. The van der Waals surface area contributed by atoms with E-state index in [9.17, 15) is 4.79 Å². The molecule has 0 radical (unpaired) electrons. The molecule has 128 valence electrons. The van der Waals surface area contributed by atoms with Crippen LogP contribution in [-0.2, 0) is 11.2 Å². The number of rotatable bonds is 7. The van der Waals surface area contributed by atoms with Gasteiger partial charge >= 0.3 is 0 Å². The number of nitrogens with one attached hydrogen (secondary N) is 1. The first kappa shape index (κ1) is 17.0. The third-order valence-corrected chi connectivity index (χ3v) is 4.18. The van der Waals surface area contributed by atoms with Gasteiger partial charge in [-0.25, -0.2) is 0 Å². The number of benzene rings is 2. The van der Waals surface area contributed by atoms with Crippen LogP contribution in [0.5, 0.6) is 0 Å². The SMILES string of the molecule is C[C@H]([NH2+]CC(=O)Nc1ccccc1Cc1ccccc1)c1ccco1. The molecule has 4 heteroatoms. The Labute approximate surface area is 147 Å². The zero-order valence-electron chi connectivity index (χ0n) is 14.3. The van der Waals surface area contributed by atoms with Crippen LogP contribution in [0.3, 0.4) is 0 Å². The molecule has 1 amide bonds. The summed E-state index contributed by atoms with van der Waals surface area (Å²) in [4.78, 5) is 12.3. The molecule has 3 N–H and O–H groups in total. The lowest BCUT2D eigenvalue weighted by atomic mass is 10.0. The molecule has 3 rings (SSSR count). The van der Waals surface area contributed by atoms with Gasteiger partial charge < -0.3 is 15.1 Å². The summed E-state index contributed by atoms with van der Waals surface area (Å²) in [7, 11) is 0. The average molecular weight is 335 g/mol. The van der Waals surface area contributed by atoms with Gasteiger partial charge in [0.1, 0.15) is 6.04 Å². The fourth-order valence-electron chi connectivity index (χ4n) is 2.76. The van der Waals surface area contributed by atoms with Gasteiger partial charge in [-0.2, -0.15) is 0 Å². The number of furan rings is 1. The monoisotopic (exact) mass is 335 g/mol. The quantitative estimate of drug-likeness (QED) is 0.697. The Morgan fingerprint density at radius 2 is 1.80 bits per heavy atom. The molecule has 1 heterocycles. The highest BCUT2D eigenvalue weighted by molar-refractivity contribution is 5.92. The largest absolute Gasteiger partial charge is 0.463 e. The van der Waals surface area contributed by atoms with Gasteiger partial charge in [-0.1, -0.05) is 48.5 Å². The molecular formula is C21H23N2O2+. The molecule has 0 aliphatic heterocycles. The Balaban J connectivity index is 1.59. The normalized spacial score (nSPS) is 11.9. The lowest BCUT2D eigenvalue weighted by Crippen LogP contribution is -2.86. The Morgan fingerprint density at radius 1 is 1.04 bits per heavy atom. The number of para-hydroxylation sites is 1. The zero-order valence-corrected chi connectivity index (χ0v) is 14.3. The molecule has 0 fully saturated rings. The van der Waals surface area contributed by atoms with Gasteiger partial charge in [0.2, 0.25) is 0 Å². The first-order chi connectivity index (χ1) is 12.2. The average Bonchev–Trinajstić information content (AvgIpc) is 3.17. The molecular weight excluding hydrogens is 312 g/mol. The standard InChI is InChI=1S/C21H22N2O2/c1-16(20-12-7-13-25-20)22-15-21(24)23-19-11-6-5-10-18(19)14-17-8-3-2-4-9-17/h2-13,16,22H,14-15H2,1H3,(H,23,24)/p+1/t16-/m0/s1. The van der Waals surface area contributed by atoms with Gasteiger partial charge in [-0.3, -0.25) is 4.79 Å². The molecule has 0 saturated heterocycles. The molecule has 25 heavy (non-hydrogen) atoms. The van der Waals surface area contributed by atoms with Crippen molar-refractivity contribution in [2.24, 2.45) is 0 Å². The highest BCUT2D eigenvalue weighted by atomic mass is 16.3. The minimum Gasteiger partial charge on any atom is -0.463 e. The van der Waals surface area contributed by atoms with Gasteiger partial charge in [-0.15, -0.1) is 0 Å². The Kier molecular flexibility index (Phi) is 5.65. The van der Waals surface area contributed by atoms with Gasteiger partial charge in [0.25, 0.3) is 5.91 Å². The summed E-state index contributed by atoms with van der Waals surface area (Å²) >= 11 is 0. The highest BCUT2D eigenvalue weighted by Gasteiger charge is 2.14. The van der Waals surface area contributed by atoms with Crippen LogP contribution in [0.4, 0.5) is 5.69 Å². The van der Waals surface area contributed by atoms with E-state index in [1.54, 1.807) is 6.26 Å². The van der Waals surface area contributed by atoms with Crippen LogP contribution in [0, 0.1) is 0 Å². The van der Waals surface area contributed by atoms with Crippen molar-refractivity contribution in [3.63, 3.8) is 0 Å². The maximum Gasteiger partial charge on any atom is 0.279 e. The molecule has 0 aliphatic rings. The lowest BCUT2D eigenvalue weighted by molar-refractivity contribution is -0.684. The van der Waals surface area contributed by atoms with Crippen molar-refractivity contribution >= 4 is 11.6 Å². The summed E-state index contributed by atoms with van der Waals surface area (Å²) in [5.74, 6) is 0.858. The van der Waals surface area contributed by atoms with Gasteiger partial charge in [0, 0.05) is 5.69 Å². The number of nitrogens with two attached hydrogens (primary N) is 1. The van der Waals surface area contributed by atoms with Gasteiger partial charge in [0.15, 0.2) is 12.3 Å². The van der Waals surface area contributed by atoms with E-state index in [1.807, 2.05) is 60.8 Å². The van der Waals surface area contributed by atoms with E-state index in [0.29, 0.717) is 6.54 Å². The first-order valence-electron chi connectivity index (χ1n) is 8.51. The Bertz CT molecular complexity index is 798. The maximum absolute atomic E-state index is 12.3. The summed E-state index contributed by atoms with van der Waals surface area (Å²) in [6, 6.07) is 22.1. The zero-order chi connectivity index (χ0) is 17.5. The fourth-order valence-corrected chi connectivity index (χ4v) is 2.76. The molecule has 0 aliphatic carbocycles. The van der Waals surface area contributed by atoms with Crippen molar-refractivity contribution in [1.82, 2.24) is 0 Å². The second-order valence-electron chi connectivity index (χ2n) is 6.11. The van der Waals surface area contributed by atoms with E-state index in [-0.39, 0.29) is 11.9 Å². The third-order valence-electron chi connectivity index (χ3n) is 4.18. The van der Waals surface area contributed by atoms with Crippen molar-refractivity contribution < 1.29 is 14.5 Å². The Hall–Kier alpha value is -2.85. The summed E-state index contributed by atoms with van der Waals surface area (Å²) < 4.78 is 5.37. The molecule has 1 atom stereocenters. The number of hydrogen-bond acceptors (Lipinski definition) is 2. The van der Waals surface area contributed by atoms with Crippen LogP contribution in [-0.4, -0.2) is 12.5 Å². The van der Waals surface area contributed by atoms with Crippen molar-refractivity contribution in [2.75, 3.05) is 11.9 Å². The van der Waals surface area contributed by atoms with E-state index in [0.717, 1.165) is 23.4 Å². The molecule has 2 aromatic carbocycles. The third kappa shape index (κ3) is 4.81. The molecule has 0 spiro atoms. The highest BCUT2D eigenvalue weighted by Crippen LogP contribution is 2.19. The fraction of sp³-hybridized carbons (Fsp3) is 0.190. The van der Waals surface area contributed by atoms with Crippen molar-refractivity contribution in [1.29, 1.82) is 0 Å². The molecule has 0 bridgehead atoms. The minimum atomic E-state index is -0.0149. The van der Waals surface area contributed by atoms with Gasteiger partial charge in [0.05, 0.1) is 6.26 Å². The molecule has 1 aromatic heterocycles. The number of amides is 1. The summed E-state index contributed by atoms with van der Waals surface area (Å²) in [6.45, 7) is 2.37. The van der Waals surface area contributed by atoms with Crippen molar-refractivity contribution in [3.8, 4) is 0 Å². The topological polar surface area (TPSA) is 58.9 Å². The predicted molar refractivity (Wildman–Crippen MR) is 98.2 cm³/mol.